The van der Waals surface area contributed by atoms with E-state index in [1.165, 1.54) is 12.1 Å². The van der Waals surface area contributed by atoms with Crippen LogP contribution in [0.1, 0.15) is 20.3 Å². The minimum absolute atomic E-state index is 0.231. The van der Waals surface area contributed by atoms with Crippen molar-refractivity contribution in [3.63, 3.8) is 0 Å². The Morgan fingerprint density at radius 2 is 2.21 bits per heavy atom. The van der Waals surface area contributed by atoms with E-state index >= 15 is 0 Å². The molecule has 0 atom stereocenters. The van der Waals surface area contributed by atoms with E-state index in [0.717, 1.165) is 6.07 Å². The summed E-state index contributed by atoms with van der Waals surface area (Å²) in [4.78, 5) is 12.0. The molecule has 0 amide bonds. The molecule has 0 aliphatic heterocycles. The second-order valence-corrected chi connectivity index (χ2v) is 4.61. The number of nitrogens with zero attached hydrogens (tertiary/aromatic N) is 3. The average Bonchev–Trinajstić information content (AvgIpc) is 2.33. The van der Waals surface area contributed by atoms with E-state index in [-0.39, 0.29) is 18.0 Å². The van der Waals surface area contributed by atoms with Crippen LogP contribution < -0.4 is 4.90 Å². The quantitative estimate of drug-likeness (QED) is 0.585. The third-order valence-electron chi connectivity index (χ3n) is 2.57. The lowest BCUT2D eigenvalue weighted by Crippen LogP contribution is -2.29. The first kappa shape index (κ1) is 14.9. The lowest BCUT2D eigenvalue weighted by molar-refractivity contribution is -0.386. The minimum Gasteiger partial charge on any atom is -0.365 e. The average molecular weight is 265 g/mol. The van der Waals surface area contributed by atoms with Crippen LogP contribution in [-0.4, -0.2) is 18.0 Å². The van der Waals surface area contributed by atoms with Gasteiger partial charge in [0.2, 0.25) is 5.82 Å². The zero-order valence-corrected chi connectivity index (χ0v) is 11.0. The van der Waals surface area contributed by atoms with Crippen LogP contribution in [0, 0.1) is 33.2 Å². The van der Waals surface area contributed by atoms with Crippen molar-refractivity contribution in [1.29, 1.82) is 5.26 Å². The van der Waals surface area contributed by atoms with E-state index in [2.05, 4.69) is 0 Å². The number of hydrogen-bond acceptors (Lipinski definition) is 4. The van der Waals surface area contributed by atoms with Crippen molar-refractivity contribution in [2.75, 3.05) is 18.0 Å². The Morgan fingerprint density at radius 1 is 1.53 bits per heavy atom. The van der Waals surface area contributed by atoms with Crippen LogP contribution in [0.3, 0.4) is 0 Å². The summed E-state index contributed by atoms with van der Waals surface area (Å²) in [5.41, 5.74) is -0.296. The molecule has 1 aromatic carbocycles. The summed E-state index contributed by atoms with van der Waals surface area (Å²) in [5, 5.41) is 19.6. The first-order valence-electron chi connectivity index (χ1n) is 6.02. The van der Waals surface area contributed by atoms with Gasteiger partial charge in [0.25, 0.3) is 0 Å². The Kier molecular flexibility index (Phi) is 5.24. The number of halogens is 1. The molecule has 0 unspecified atom stereocenters. The minimum atomic E-state index is -0.854. The van der Waals surface area contributed by atoms with E-state index in [1.807, 2.05) is 19.9 Å². The van der Waals surface area contributed by atoms with Crippen molar-refractivity contribution in [3.05, 3.63) is 34.1 Å². The van der Waals surface area contributed by atoms with Crippen LogP contribution in [-0.2, 0) is 0 Å². The van der Waals surface area contributed by atoms with Crippen molar-refractivity contribution < 1.29 is 9.31 Å². The first-order chi connectivity index (χ1) is 8.97. The summed E-state index contributed by atoms with van der Waals surface area (Å²) >= 11 is 0. The van der Waals surface area contributed by atoms with Crippen LogP contribution in [0.25, 0.3) is 0 Å². The Bertz CT molecular complexity index is 497. The summed E-state index contributed by atoms with van der Waals surface area (Å²) in [6, 6.07) is 6.02. The molecule has 0 saturated heterocycles. The summed E-state index contributed by atoms with van der Waals surface area (Å²) < 4.78 is 13.6. The molecular formula is C13H16FN3O2. The number of anilines is 1. The lowest BCUT2D eigenvalue weighted by atomic mass is 10.1. The highest BCUT2D eigenvalue weighted by atomic mass is 19.1. The summed E-state index contributed by atoms with van der Waals surface area (Å²) in [6.45, 7) is 4.81. The van der Waals surface area contributed by atoms with Crippen molar-refractivity contribution in [3.8, 4) is 6.07 Å². The Balaban J connectivity index is 3.17. The Hall–Kier alpha value is -2.16. The molecule has 0 radical (unpaired) electrons. The zero-order valence-electron chi connectivity index (χ0n) is 11.0. The maximum Gasteiger partial charge on any atom is 0.327 e. The fourth-order valence-electron chi connectivity index (χ4n) is 1.88. The molecule has 19 heavy (non-hydrogen) atoms. The van der Waals surface area contributed by atoms with Gasteiger partial charge in [-0.15, -0.1) is 0 Å². The third-order valence-corrected chi connectivity index (χ3v) is 2.57. The fourth-order valence-corrected chi connectivity index (χ4v) is 1.88. The fraction of sp³-hybridized carbons (Fsp3) is 0.462. The van der Waals surface area contributed by atoms with Crippen LogP contribution >= 0.6 is 0 Å². The van der Waals surface area contributed by atoms with Crippen molar-refractivity contribution in [2.45, 2.75) is 20.3 Å². The van der Waals surface area contributed by atoms with Gasteiger partial charge in [-0.1, -0.05) is 19.9 Å². The second-order valence-electron chi connectivity index (χ2n) is 4.61. The Labute approximate surface area is 111 Å². The number of benzene rings is 1. The highest BCUT2D eigenvalue weighted by Gasteiger charge is 2.24. The number of para-hydroxylation sites is 1. The van der Waals surface area contributed by atoms with E-state index in [9.17, 15) is 14.5 Å². The largest absolute Gasteiger partial charge is 0.365 e. The summed E-state index contributed by atoms with van der Waals surface area (Å²) in [7, 11) is 0. The van der Waals surface area contributed by atoms with Gasteiger partial charge < -0.3 is 4.90 Å². The smallest absolute Gasteiger partial charge is 0.327 e. The van der Waals surface area contributed by atoms with Gasteiger partial charge in [0, 0.05) is 13.1 Å². The molecule has 102 valence electrons. The highest BCUT2D eigenvalue weighted by molar-refractivity contribution is 5.63. The molecule has 6 heteroatoms. The lowest BCUT2D eigenvalue weighted by Gasteiger charge is -2.25. The van der Waals surface area contributed by atoms with Crippen LogP contribution in [0.15, 0.2) is 18.2 Å². The van der Waals surface area contributed by atoms with Gasteiger partial charge in [0.1, 0.15) is 5.69 Å². The SMILES string of the molecule is CC(C)CN(CCC#N)c1cccc(F)c1[N+](=O)[O-]. The monoisotopic (exact) mass is 265 g/mol. The summed E-state index contributed by atoms with van der Waals surface area (Å²) in [6.07, 6.45) is 0.236. The first-order valence-corrected chi connectivity index (χ1v) is 6.02. The van der Waals surface area contributed by atoms with Crippen molar-refractivity contribution in [2.24, 2.45) is 5.92 Å². The molecule has 0 aliphatic rings. The highest BCUT2D eigenvalue weighted by Crippen LogP contribution is 2.31. The molecule has 0 heterocycles. The number of nitro groups is 1. The van der Waals surface area contributed by atoms with E-state index < -0.39 is 16.4 Å². The van der Waals surface area contributed by atoms with Crippen molar-refractivity contribution >= 4 is 11.4 Å². The maximum atomic E-state index is 13.6. The summed E-state index contributed by atoms with van der Waals surface area (Å²) in [5.74, 6) is -0.602. The molecule has 0 saturated carbocycles. The molecule has 0 bridgehead atoms. The van der Waals surface area contributed by atoms with Gasteiger partial charge >= 0.3 is 5.69 Å². The predicted molar refractivity (Wildman–Crippen MR) is 70.3 cm³/mol. The molecule has 0 fully saturated rings. The standard InChI is InChI=1S/C13H16FN3O2/c1-10(2)9-16(8-4-7-15)12-6-3-5-11(14)13(12)17(18)19/h3,5-6,10H,4,8-9H2,1-2H3. The molecule has 0 spiro atoms. The molecule has 1 rings (SSSR count). The number of hydrogen-bond donors (Lipinski definition) is 0. The van der Waals surface area contributed by atoms with Gasteiger partial charge in [-0.2, -0.15) is 9.65 Å². The molecule has 0 N–H and O–H groups in total. The van der Waals surface area contributed by atoms with Crippen LogP contribution in [0.4, 0.5) is 15.8 Å². The maximum absolute atomic E-state index is 13.6. The van der Waals surface area contributed by atoms with Crippen LogP contribution in [0.5, 0.6) is 0 Å². The molecule has 0 aromatic heterocycles. The van der Waals surface area contributed by atoms with E-state index in [1.54, 1.807) is 4.90 Å². The number of rotatable bonds is 6. The second kappa shape index (κ2) is 6.69. The van der Waals surface area contributed by atoms with E-state index in [0.29, 0.717) is 13.1 Å². The number of nitriles is 1. The molecular weight excluding hydrogens is 249 g/mol. The van der Waals surface area contributed by atoms with Gasteiger partial charge in [0.05, 0.1) is 17.4 Å². The third kappa shape index (κ3) is 3.91. The van der Waals surface area contributed by atoms with Crippen molar-refractivity contribution in [1.82, 2.24) is 0 Å². The Morgan fingerprint density at radius 3 is 2.74 bits per heavy atom. The van der Waals surface area contributed by atoms with Gasteiger partial charge in [0.15, 0.2) is 0 Å². The zero-order chi connectivity index (χ0) is 14.4. The predicted octanol–water partition coefficient (Wildman–Crippen LogP) is 3.11. The topological polar surface area (TPSA) is 70.2 Å². The molecule has 5 nitrogen and oxygen atoms in total. The molecule has 1 aromatic rings. The normalized spacial score (nSPS) is 10.3. The van der Waals surface area contributed by atoms with E-state index in [4.69, 9.17) is 5.26 Å². The van der Waals surface area contributed by atoms with Gasteiger partial charge in [-0.05, 0) is 18.1 Å². The van der Waals surface area contributed by atoms with Crippen LogP contribution in [0.2, 0.25) is 0 Å². The van der Waals surface area contributed by atoms with Gasteiger partial charge in [-0.3, -0.25) is 10.1 Å². The molecule has 0 aliphatic carbocycles. The van der Waals surface area contributed by atoms with Gasteiger partial charge in [-0.25, -0.2) is 0 Å². The number of nitro benzene ring substituents is 1.